The maximum absolute atomic E-state index is 11.9. The molecule has 0 fully saturated rings. The number of hydrogen-bond donors (Lipinski definition) is 0. The number of alkyl halides is 1. The number of hydrogen-bond acceptors (Lipinski definition) is 3. The lowest BCUT2D eigenvalue weighted by Gasteiger charge is -2.10. The summed E-state index contributed by atoms with van der Waals surface area (Å²) in [5.41, 5.74) is 1.65. The fourth-order valence-electron chi connectivity index (χ4n) is 1.87. The molecule has 0 bridgehead atoms. The van der Waals surface area contributed by atoms with Crippen LogP contribution in [0.4, 0.5) is 5.69 Å². The minimum Gasteiger partial charge on any atom is -0.361 e. The van der Waals surface area contributed by atoms with Gasteiger partial charge in [-0.2, -0.15) is 0 Å². The van der Waals surface area contributed by atoms with Crippen molar-refractivity contribution in [3.63, 3.8) is 0 Å². The van der Waals surface area contributed by atoms with Gasteiger partial charge in [0.05, 0.1) is 27.3 Å². The average Bonchev–Trinajstić information content (AvgIpc) is 2.61. The van der Waals surface area contributed by atoms with Crippen LogP contribution in [0.2, 0.25) is 0 Å². The molecular weight excluding hydrogens is 302 g/mol. The number of fused-ring (bicyclic) bond motifs is 1. The zero-order valence-corrected chi connectivity index (χ0v) is 12.0. The second-order valence-electron chi connectivity index (χ2n) is 4.07. The van der Waals surface area contributed by atoms with Crippen LogP contribution in [0.15, 0.2) is 23.1 Å². The van der Waals surface area contributed by atoms with Crippen molar-refractivity contribution in [2.45, 2.75) is 17.7 Å². The summed E-state index contributed by atoms with van der Waals surface area (Å²) in [7, 11) is 0.917. The Morgan fingerprint density at radius 3 is 3.00 bits per heavy atom. The topological polar surface area (TPSA) is 37.4 Å². The predicted molar refractivity (Wildman–Crippen MR) is 73.5 cm³/mol. The minimum absolute atomic E-state index is 0.124. The molecule has 1 aromatic rings. The third-order valence-electron chi connectivity index (χ3n) is 2.79. The van der Waals surface area contributed by atoms with Crippen LogP contribution in [0.25, 0.3) is 0 Å². The lowest BCUT2D eigenvalue weighted by molar-refractivity contribution is 0.0982. The number of ketones is 1. The smallest absolute Gasteiger partial charge is 0.162 e. The molecule has 0 aliphatic carbocycles. The fraction of sp³-hybridized carbons (Fsp3) is 0.417. The summed E-state index contributed by atoms with van der Waals surface area (Å²) in [5, 5.41) is 0.832. The van der Waals surface area contributed by atoms with Gasteiger partial charge in [0.15, 0.2) is 5.78 Å². The van der Waals surface area contributed by atoms with Gasteiger partial charge < -0.3 is 4.90 Å². The Balaban J connectivity index is 2.25. The molecule has 0 amide bonds. The van der Waals surface area contributed by atoms with E-state index in [2.05, 4.69) is 15.9 Å². The molecule has 1 aliphatic heterocycles. The summed E-state index contributed by atoms with van der Waals surface area (Å²) in [6.07, 6.45) is 1.37. The third kappa shape index (κ3) is 2.60. The van der Waals surface area contributed by atoms with Gasteiger partial charge in [0.2, 0.25) is 0 Å². The maximum atomic E-state index is 11.9. The number of anilines is 1. The zero-order valence-electron chi connectivity index (χ0n) is 9.61. The monoisotopic (exact) mass is 315 g/mol. The number of halogens is 1. The Bertz CT molecular complexity index is 476. The van der Waals surface area contributed by atoms with E-state index >= 15 is 0 Å². The van der Waals surface area contributed by atoms with Gasteiger partial charge in [-0.25, -0.2) is 0 Å². The summed E-state index contributed by atoms with van der Waals surface area (Å²) >= 11 is 3.31. The molecule has 1 unspecified atom stereocenters. The molecule has 1 atom stereocenters. The molecule has 0 aromatic heterocycles. The van der Waals surface area contributed by atoms with Crippen LogP contribution in [0.5, 0.6) is 0 Å². The highest BCUT2D eigenvalue weighted by Crippen LogP contribution is 2.31. The van der Waals surface area contributed by atoms with Gasteiger partial charge in [-0.1, -0.05) is 15.9 Å². The molecule has 17 heavy (non-hydrogen) atoms. The van der Waals surface area contributed by atoms with Crippen molar-refractivity contribution in [1.82, 2.24) is 0 Å². The molecule has 1 aromatic carbocycles. The van der Waals surface area contributed by atoms with Gasteiger partial charge in [-0.3, -0.25) is 9.00 Å². The first-order chi connectivity index (χ1) is 8.13. The molecule has 1 heterocycles. The number of nitrogens with zero attached hydrogens (tertiary/aromatic N) is 1. The largest absolute Gasteiger partial charge is 0.361 e. The quantitative estimate of drug-likeness (QED) is 0.633. The Hall–Kier alpha value is -0.680. The van der Waals surface area contributed by atoms with Crippen molar-refractivity contribution >= 4 is 38.2 Å². The van der Waals surface area contributed by atoms with Crippen LogP contribution in [-0.4, -0.2) is 28.2 Å². The molecule has 92 valence electrons. The fourth-order valence-corrected chi connectivity index (χ4v) is 3.50. The van der Waals surface area contributed by atoms with E-state index in [1.165, 1.54) is 0 Å². The first-order valence-corrected chi connectivity index (χ1v) is 7.90. The van der Waals surface area contributed by atoms with Crippen LogP contribution in [0, 0.1) is 0 Å². The first kappa shape index (κ1) is 12.8. The van der Waals surface area contributed by atoms with Crippen molar-refractivity contribution in [3.8, 4) is 0 Å². The van der Waals surface area contributed by atoms with Crippen LogP contribution in [0.3, 0.4) is 0 Å². The number of carbonyl (C=O) groups excluding carboxylic acids is 1. The van der Waals surface area contributed by atoms with Gasteiger partial charge in [-0.15, -0.1) is 0 Å². The highest BCUT2D eigenvalue weighted by atomic mass is 79.9. The summed E-state index contributed by atoms with van der Waals surface area (Å²) in [4.78, 5) is 14.6. The van der Waals surface area contributed by atoms with Gasteiger partial charge in [-0.05, 0) is 24.6 Å². The van der Waals surface area contributed by atoms with Crippen molar-refractivity contribution in [1.29, 1.82) is 0 Å². The Morgan fingerprint density at radius 1 is 1.53 bits per heavy atom. The van der Waals surface area contributed by atoms with E-state index in [1.807, 2.05) is 24.1 Å². The van der Waals surface area contributed by atoms with Crippen molar-refractivity contribution in [2.75, 3.05) is 23.2 Å². The van der Waals surface area contributed by atoms with Crippen LogP contribution < -0.4 is 4.90 Å². The van der Waals surface area contributed by atoms with Crippen LogP contribution >= 0.6 is 15.9 Å². The van der Waals surface area contributed by atoms with E-state index < -0.39 is 10.8 Å². The number of carbonyl (C=O) groups is 1. The molecule has 0 spiro atoms. The first-order valence-electron chi connectivity index (χ1n) is 5.46. The predicted octanol–water partition coefficient (Wildman–Crippen LogP) is 2.56. The molecule has 1 aliphatic rings. The molecular formula is C12H14BrNO2S. The Kier molecular flexibility index (Phi) is 3.99. The van der Waals surface area contributed by atoms with Crippen LogP contribution in [0.1, 0.15) is 23.2 Å². The zero-order chi connectivity index (χ0) is 12.4. The van der Waals surface area contributed by atoms with Gasteiger partial charge >= 0.3 is 0 Å². The average molecular weight is 316 g/mol. The van der Waals surface area contributed by atoms with Crippen LogP contribution in [-0.2, 0) is 10.8 Å². The van der Waals surface area contributed by atoms with E-state index in [0.29, 0.717) is 17.9 Å². The molecule has 0 saturated heterocycles. The molecule has 0 saturated carbocycles. The number of rotatable bonds is 4. The van der Waals surface area contributed by atoms with Crippen molar-refractivity contribution < 1.29 is 9.00 Å². The summed E-state index contributed by atoms with van der Waals surface area (Å²) in [6.45, 7) is 0. The molecule has 0 radical (unpaired) electrons. The normalized spacial score (nSPS) is 18.2. The molecule has 2 rings (SSSR count). The minimum atomic E-state index is -0.996. The van der Waals surface area contributed by atoms with E-state index in [9.17, 15) is 9.00 Å². The number of benzene rings is 1. The van der Waals surface area contributed by atoms with E-state index in [1.54, 1.807) is 6.07 Å². The highest BCUT2D eigenvalue weighted by Gasteiger charge is 2.23. The van der Waals surface area contributed by atoms with Gasteiger partial charge in [0, 0.05) is 24.4 Å². The Morgan fingerprint density at radius 2 is 2.29 bits per heavy atom. The van der Waals surface area contributed by atoms with E-state index in [0.717, 1.165) is 22.3 Å². The number of Topliss-reactive ketones (excluding diaryl/α,β-unsaturated/α-hetero) is 1. The molecule has 3 nitrogen and oxygen atoms in total. The van der Waals surface area contributed by atoms with E-state index in [4.69, 9.17) is 0 Å². The van der Waals surface area contributed by atoms with Gasteiger partial charge in [0.25, 0.3) is 0 Å². The van der Waals surface area contributed by atoms with Crippen molar-refractivity contribution in [3.05, 3.63) is 23.8 Å². The molecule has 0 N–H and O–H groups in total. The summed E-state index contributed by atoms with van der Waals surface area (Å²) < 4.78 is 11.8. The third-order valence-corrected chi connectivity index (χ3v) is 4.79. The molecule has 5 heteroatoms. The standard InChI is InChI=1S/C12H14BrNO2S/c1-14-8-17(16)12-7-9(4-5-10(12)14)11(15)3-2-6-13/h4-5,7H,2-3,6,8H2,1H3. The SMILES string of the molecule is CN1CS(=O)c2cc(C(=O)CCCBr)ccc21. The lowest BCUT2D eigenvalue weighted by Crippen LogP contribution is -2.13. The Labute approximate surface area is 112 Å². The highest BCUT2D eigenvalue weighted by molar-refractivity contribution is 9.09. The lowest BCUT2D eigenvalue weighted by atomic mass is 10.1. The van der Waals surface area contributed by atoms with Crippen molar-refractivity contribution in [2.24, 2.45) is 0 Å². The summed E-state index contributed by atoms with van der Waals surface area (Å²) in [6, 6.07) is 5.50. The van der Waals surface area contributed by atoms with E-state index in [-0.39, 0.29) is 5.78 Å². The summed E-state index contributed by atoms with van der Waals surface area (Å²) in [5.74, 6) is 0.646. The second kappa shape index (κ2) is 5.31. The maximum Gasteiger partial charge on any atom is 0.162 e. The van der Waals surface area contributed by atoms with Gasteiger partial charge in [0.1, 0.15) is 0 Å². The second-order valence-corrected chi connectivity index (χ2v) is 6.25.